The lowest BCUT2D eigenvalue weighted by Crippen LogP contribution is -2.50. The third kappa shape index (κ3) is 4.46. The molecule has 2 N–H and O–H groups in total. The van der Waals surface area contributed by atoms with Crippen molar-refractivity contribution in [2.24, 2.45) is 11.7 Å². The molecule has 2 rings (SSSR count). The zero-order valence-electron chi connectivity index (χ0n) is 11.5. The molecule has 2 atom stereocenters. The maximum absolute atomic E-state index is 12.3. The van der Waals surface area contributed by atoms with Gasteiger partial charge in [0.1, 0.15) is 0 Å². The van der Waals surface area contributed by atoms with Crippen LogP contribution < -0.4 is 5.73 Å². The Morgan fingerprint density at radius 1 is 1.33 bits per heavy atom. The van der Waals surface area contributed by atoms with Crippen molar-refractivity contribution in [1.29, 1.82) is 0 Å². The minimum atomic E-state index is -5.00. The molecule has 1 aliphatic carbocycles. The van der Waals surface area contributed by atoms with E-state index < -0.39 is 17.9 Å². The summed E-state index contributed by atoms with van der Waals surface area (Å²) in [6.07, 6.45) is -2.23. The van der Waals surface area contributed by atoms with Crippen LogP contribution in [0.3, 0.4) is 0 Å². The van der Waals surface area contributed by atoms with E-state index in [-0.39, 0.29) is 18.8 Å². The highest BCUT2D eigenvalue weighted by atomic mass is 19.4. The molecule has 116 valence electrons. The van der Waals surface area contributed by atoms with Crippen LogP contribution >= 0.6 is 0 Å². The van der Waals surface area contributed by atoms with Crippen LogP contribution in [0.5, 0.6) is 0 Å². The Hall–Kier alpha value is -1.56. The summed E-state index contributed by atoms with van der Waals surface area (Å²) in [5.74, 6) is -2.09. The lowest BCUT2D eigenvalue weighted by Gasteiger charge is -2.37. The summed E-state index contributed by atoms with van der Waals surface area (Å²) in [6, 6.07) is 9.67. The molecule has 1 saturated carbocycles. The van der Waals surface area contributed by atoms with Gasteiger partial charge in [-0.25, -0.2) is 4.79 Å². The zero-order valence-corrected chi connectivity index (χ0v) is 11.5. The van der Waals surface area contributed by atoms with Gasteiger partial charge in [0, 0.05) is 12.8 Å². The molecule has 0 unspecified atom stereocenters. The first-order valence-electron chi connectivity index (χ1n) is 6.91. The molecule has 1 aliphatic rings. The van der Waals surface area contributed by atoms with Gasteiger partial charge in [0.15, 0.2) is 5.72 Å². The standard InChI is InChI=1S/C15H18F3NO2/c16-15(17,18)13(20)21-14(19)8-4-7-12(10-14)9-11-5-2-1-3-6-11/h1-3,5-6,12H,4,7-10,19H2/t12-,14-/m0/s1. The summed E-state index contributed by atoms with van der Waals surface area (Å²) in [5, 5.41) is 0. The van der Waals surface area contributed by atoms with Crippen LogP contribution in [0.2, 0.25) is 0 Å². The molecular weight excluding hydrogens is 283 g/mol. The summed E-state index contributed by atoms with van der Waals surface area (Å²) < 4.78 is 41.4. The Kier molecular flexibility index (Phi) is 4.56. The number of alkyl halides is 3. The summed E-state index contributed by atoms with van der Waals surface area (Å²) in [7, 11) is 0. The Morgan fingerprint density at radius 2 is 2.00 bits per heavy atom. The summed E-state index contributed by atoms with van der Waals surface area (Å²) in [4.78, 5) is 11.0. The highest BCUT2D eigenvalue weighted by Gasteiger charge is 2.46. The summed E-state index contributed by atoms with van der Waals surface area (Å²) >= 11 is 0. The van der Waals surface area contributed by atoms with Crippen molar-refractivity contribution in [3.63, 3.8) is 0 Å². The van der Waals surface area contributed by atoms with Crippen molar-refractivity contribution in [1.82, 2.24) is 0 Å². The predicted molar refractivity (Wildman–Crippen MR) is 71.2 cm³/mol. The Morgan fingerprint density at radius 3 is 2.62 bits per heavy atom. The quantitative estimate of drug-likeness (QED) is 0.689. The summed E-state index contributed by atoms with van der Waals surface area (Å²) in [5.41, 5.74) is 5.45. The van der Waals surface area contributed by atoms with E-state index >= 15 is 0 Å². The number of hydrogen-bond donors (Lipinski definition) is 1. The van der Waals surface area contributed by atoms with E-state index in [2.05, 4.69) is 4.74 Å². The van der Waals surface area contributed by atoms with E-state index in [4.69, 9.17) is 5.73 Å². The van der Waals surface area contributed by atoms with E-state index in [0.717, 1.165) is 18.4 Å². The minimum absolute atomic E-state index is 0.118. The number of benzene rings is 1. The van der Waals surface area contributed by atoms with Crippen molar-refractivity contribution in [3.8, 4) is 0 Å². The second kappa shape index (κ2) is 6.05. The number of ether oxygens (including phenoxy) is 1. The molecular formula is C15H18F3NO2. The fourth-order valence-corrected chi connectivity index (χ4v) is 2.84. The molecule has 0 amide bonds. The fourth-order valence-electron chi connectivity index (χ4n) is 2.84. The van der Waals surface area contributed by atoms with Gasteiger partial charge in [-0.3, -0.25) is 5.73 Å². The maximum Gasteiger partial charge on any atom is 0.490 e. The number of carbonyl (C=O) groups excluding carboxylic acids is 1. The van der Waals surface area contributed by atoms with Crippen molar-refractivity contribution < 1.29 is 22.7 Å². The van der Waals surface area contributed by atoms with Gasteiger partial charge in [-0.05, 0) is 30.7 Å². The lowest BCUT2D eigenvalue weighted by atomic mass is 9.80. The van der Waals surface area contributed by atoms with Crippen LogP contribution in [0.15, 0.2) is 30.3 Å². The molecule has 1 fully saturated rings. The molecule has 0 heterocycles. The monoisotopic (exact) mass is 301 g/mol. The fraction of sp³-hybridized carbons (Fsp3) is 0.533. The first-order valence-corrected chi connectivity index (χ1v) is 6.91. The Bertz CT molecular complexity index is 489. The van der Waals surface area contributed by atoms with E-state index in [0.29, 0.717) is 6.42 Å². The normalized spacial score (nSPS) is 26.4. The largest absolute Gasteiger partial charge is 0.490 e. The third-order valence-electron chi connectivity index (χ3n) is 3.74. The van der Waals surface area contributed by atoms with Crippen LogP contribution in [0.1, 0.15) is 31.2 Å². The van der Waals surface area contributed by atoms with Gasteiger partial charge in [0.2, 0.25) is 0 Å². The van der Waals surface area contributed by atoms with Gasteiger partial charge in [-0.1, -0.05) is 30.3 Å². The molecule has 3 nitrogen and oxygen atoms in total. The van der Waals surface area contributed by atoms with Gasteiger partial charge in [0.05, 0.1) is 0 Å². The number of carbonyl (C=O) groups is 1. The molecule has 21 heavy (non-hydrogen) atoms. The summed E-state index contributed by atoms with van der Waals surface area (Å²) in [6.45, 7) is 0. The van der Waals surface area contributed by atoms with E-state index in [1.807, 2.05) is 30.3 Å². The van der Waals surface area contributed by atoms with Crippen LogP contribution in [0.25, 0.3) is 0 Å². The molecule has 0 radical (unpaired) electrons. The highest BCUT2D eigenvalue weighted by Crippen LogP contribution is 2.35. The second-order valence-electron chi connectivity index (χ2n) is 5.60. The number of nitrogens with two attached hydrogens (primary N) is 1. The van der Waals surface area contributed by atoms with Gasteiger partial charge < -0.3 is 4.74 Å². The smallest absolute Gasteiger partial charge is 0.437 e. The van der Waals surface area contributed by atoms with Gasteiger partial charge in [-0.15, -0.1) is 0 Å². The number of hydrogen-bond acceptors (Lipinski definition) is 3. The molecule has 0 bridgehead atoms. The van der Waals surface area contributed by atoms with Crippen LogP contribution in [0, 0.1) is 5.92 Å². The van der Waals surface area contributed by atoms with Gasteiger partial charge in [-0.2, -0.15) is 13.2 Å². The SMILES string of the molecule is N[C@]1(OC(=O)C(F)(F)F)CCC[C@@H](Cc2ccccc2)C1. The third-order valence-corrected chi connectivity index (χ3v) is 3.74. The first kappa shape index (κ1) is 15.8. The molecule has 0 spiro atoms. The van der Waals surface area contributed by atoms with Crippen molar-refractivity contribution in [2.75, 3.05) is 0 Å². The minimum Gasteiger partial charge on any atom is -0.437 e. The Balaban J connectivity index is 1.98. The molecule has 0 saturated heterocycles. The first-order chi connectivity index (χ1) is 9.78. The second-order valence-corrected chi connectivity index (χ2v) is 5.60. The molecule has 0 aromatic heterocycles. The average molecular weight is 301 g/mol. The van der Waals surface area contributed by atoms with Crippen molar-refractivity contribution >= 4 is 5.97 Å². The van der Waals surface area contributed by atoms with Gasteiger partial charge in [0.25, 0.3) is 0 Å². The topological polar surface area (TPSA) is 52.3 Å². The average Bonchev–Trinajstić information content (AvgIpc) is 2.38. The number of esters is 1. The maximum atomic E-state index is 12.3. The number of halogens is 3. The van der Waals surface area contributed by atoms with E-state index in [1.54, 1.807) is 0 Å². The van der Waals surface area contributed by atoms with Gasteiger partial charge >= 0.3 is 12.1 Å². The number of rotatable bonds is 3. The van der Waals surface area contributed by atoms with Crippen LogP contribution in [-0.4, -0.2) is 17.9 Å². The predicted octanol–water partition coefficient (Wildman–Crippen LogP) is 3.18. The molecule has 1 aromatic carbocycles. The van der Waals surface area contributed by atoms with E-state index in [9.17, 15) is 18.0 Å². The molecule has 0 aliphatic heterocycles. The van der Waals surface area contributed by atoms with Crippen molar-refractivity contribution in [2.45, 2.75) is 44.0 Å². The van der Waals surface area contributed by atoms with Crippen LogP contribution in [0.4, 0.5) is 13.2 Å². The zero-order chi connectivity index (χ0) is 15.5. The van der Waals surface area contributed by atoms with Crippen LogP contribution in [-0.2, 0) is 16.0 Å². The Labute approximate surface area is 121 Å². The lowest BCUT2D eigenvalue weighted by molar-refractivity contribution is -0.217. The van der Waals surface area contributed by atoms with Crippen molar-refractivity contribution in [3.05, 3.63) is 35.9 Å². The van der Waals surface area contributed by atoms with E-state index in [1.165, 1.54) is 0 Å². The highest BCUT2D eigenvalue weighted by molar-refractivity contribution is 5.76. The molecule has 1 aromatic rings. The molecule has 6 heteroatoms.